The van der Waals surface area contributed by atoms with Gasteiger partial charge in [-0.25, -0.2) is 4.98 Å². The lowest BCUT2D eigenvalue weighted by Gasteiger charge is -1.95. The summed E-state index contributed by atoms with van der Waals surface area (Å²) in [7, 11) is 1.57. The molecule has 0 bridgehead atoms. The van der Waals surface area contributed by atoms with Gasteiger partial charge >= 0.3 is 0 Å². The van der Waals surface area contributed by atoms with Gasteiger partial charge < -0.3 is 4.74 Å². The summed E-state index contributed by atoms with van der Waals surface area (Å²) in [5.74, 6) is 0. The molecule has 0 aromatic carbocycles. The maximum absolute atomic E-state index is 8.40. The maximum Gasteiger partial charge on any atom is 0.140 e. The van der Waals surface area contributed by atoms with Crippen LogP contribution in [0, 0.1) is 17.9 Å². The molecule has 1 aromatic heterocycles. The van der Waals surface area contributed by atoms with E-state index in [2.05, 4.69) is 4.98 Å². The summed E-state index contributed by atoms with van der Waals surface area (Å²) in [5.41, 5.74) is 1.27. The van der Waals surface area contributed by atoms with E-state index < -0.39 is 0 Å². The molecule has 0 spiro atoms. The van der Waals surface area contributed by atoms with Crippen molar-refractivity contribution in [2.75, 3.05) is 7.11 Å². The summed E-state index contributed by atoms with van der Waals surface area (Å²) in [6.45, 7) is 1.56. The molecule has 0 unspecified atom stereocenters. The molecule has 1 radical (unpaired) electrons. The van der Waals surface area contributed by atoms with Crippen molar-refractivity contribution in [1.29, 1.82) is 5.26 Å². The van der Waals surface area contributed by atoms with E-state index in [1.807, 2.05) is 6.07 Å². The highest BCUT2D eigenvalue weighted by atomic mass is 16.5. The Hall–Kier alpha value is -1.40. The van der Waals surface area contributed by atoms with Crippen molar-refractivity contribution in [1.82, 2.24) is 4.98 Å². The lowest BCUT2D eigenvalue weighted by atomic mass is 10.3. The second-order valence-corrected chi connectivity index (χ2v) is 1.94. The maximum atomic E-state index is 8.40. The summed E-state index contributed by atoms with van der Waals surface area (Å²) >= 11 is 0. The number of hydrogen-bond acceptors (Lipinski definition) is 3. The van der Waals surface area contributed by atoms with Crippen LogP contribution >= 0.6 is 0 Å². The summed E-state index contributed by atoms with van der Waals surface area (Å²) in [5, 5.41) is 8.40. The van der Waals surface area contributed by atoms with Crippen molar-refractivity contribution in [3.05, 3.63) is 36.2 Å². The van der Waals surface area contributed by atoms with Gasteiger partial charge in [0.1, 0.15) is 18.4 Å². The monoisotopic (exact) mass is 147 g/mol. The number of nitriles is 1. The van der Waals surface area contributed by atoms with Gasteiger partial charge in [-0.1, -0.05) is 6.07 Å². The van der Waals surface area contributed by atoms with Gasteiger partial charge in [-0.05, 0) is 6.07 Å². The summed E-state index contributed by atoms with van der Waals surface area (Å²) < 4.78 is 4.75. The lowest BCUT2D eigenvalue weighted by Crippen LogP contribution is -1.87. The third kappa shape index (κ3) is 2.03. The minimum absolute atomic E-state index is 0.415. The minimum Gasteiger partial charge on any atom is -0.374 e. The molecule has 55 valence electrons. The molecular formula is C8H7N2O. The Balaban J connectivity index is 2.76. The standard InChI is InChI=1S/C8H7N2O/c1-11-6-7-2-3-8(4-9)10-5-7/h2-3,5-6H,1H3. The molecule has 0 saturated heterocycles. The van der Waals surface area contributed by atoms with Crippen LogP contribution in [-0.2, 0) is 4.74 Å². The minimum atomic E-state index is 0.415. The molecule has 3 heteroatoms. The fourth-order valence-electron chi connectivity index (χ4n) is 0.677. The predicted molar refractivity (Wildman–Crippen MR) is 39.4 cm³/mol. The van der Waals surface area contributed by atoms with Crippen molar-refractivity contribution in [2.24, 2.45) is 0 Å². The van der Waals surface area contributed by atoms with Crippen molar-refractivity contribution >= 4 is 0 Å². The summed E-state index contributed by atoms with van der Waals surface area (Å²) in [4.78, 5) is 3.84. The van der Waals surface area contributed by atoms with Crippen LogP contribution in [0.15, 0.2) is 18.3 Å². The Morgan fingerprint density at radius 1 is 1.64 bits per heavy atom. The van der Waals surface area contributed by atoms with Gasteiger partial charge in [0, 0.05) is 18.9 Å². The molecule has 1 heterocycles. The lowest BCUT2D eigenvalue weighted by molar-refractivity contribution is 0.292. The normalized spacial score (nSPS) is 9.09. The second-order valence-electron chi connectivity index (χ2n) is 1.94. The highest BCUT2D eigenvalue weighted by Gasteiger charge is 1.93. The zero-order valence-electron chi connectivity index (χ0n) is 6.11. The molecule has 0 aliphatic rings. The molecule has 0 fully saturated rings. The smallest absolute Gasteiger partial charge is 0.140 e. The van der Waals surface area contributed by atoms with E-state index >= 15 is 0 Å². The Bertz CT molecular complexity index is 260. The Morgan fingerprint density at radius 3 is 2.91 bits per heavy atom. The first kappa shape index (κ1) is 7.70. The van der Waals surface area contributed by atoms with E-state index in [0.29, 0.717) is 5.69 Å². The molecule has 0 aliphatic carbocycles. The number of nitrogens with zero attached hydrogens (tertiary/aromatic N) is 2. The van der Waals surface area contributed by atoms with Crippen molar-refractivity contribution in [2.45, 2.75) is 0 Å². The Labute approximate surface area is 65.3 Å². The first-order valence-electron chi connectivity index (χ1n) is 3.09. The highest BCUT2D eigenvalue weighted by Crippen LogP contribution is 2.01. The zero-order chi connectivity index (χ0) is 8.10. The largest absolute Gasteiger partial charge is 0.374 e. The molecule has 11 heavy (non-hydrogen) atoms. The molecule has 1 rings (SSSR count). The third-order valence-electron chi connectivity index (χ3n) is 1.15. The number of methoxy groups -OCH3 is 1. The van der Waals surface area contributed by atoms with Gasteiger partial charge in [0.2, 0.25) is 0 Å². The Kier molecular flexibility index (Phi) is 2.59. The Morgan fingerprint density at radius 2 is 2.45 bits per heavy atom. The number of aromatic nitrogens is 1. The molecule has 0 atom stereocenters. The van der Waals surface area contributed by atoms with Crippen LogP contribution < -0.4 is 0 Å². The SMILES string of the molecule is CO[CH]c1ccc(C#N)nc1. The number of rotatable bonds is 2. The van der Waals surface area contributed by atoms with E-state index in [9.17, 15) is 0 Å². The van der Waals surface area contributed by atoms with Gasteiger partial charge in [-0.2, -0.15) is 5.26 Å². The van der Waals surface area contributed by atoms with Gasteiger partial charge in [0.05, 0.1) is 0 Å². The molecule has 0 aliphatic heterocycles. The van der Waals surface area contributed by atoms with Gasteiger partial charge in [0.15, 0.2) is 0 Å². The molecule has 0 amide bonds. The first-order valence-corrected chi connectivity index (χ1v) is 3.09. The van der Waals surface area contributed by atoms with Gasteiger partial charge in [0.25, 0.3) is 0 Å². The average Bonchev–Trinajstić information content (AvgIpc) is 2.07. The molecule has 1 aromatic rings. The average molecular weight is 147 g/mol. The molecule has 0 saturated carbocycles. The second kappa shape index (κ2) is 3.69. The molecular weight excluding hydrogens is 140 g/mol. The van der Waals surface area contributed by atoms with E-state index in [-0.39, 0.29) is 0 Å². The van der Waals surface area contributed by atoms with Crippen molar-refractivity contribution < 1.29 is 4.74 Å². The fourth-order valence-corrected chi connectivity index (χ4v) is 0.677. The topological polar surface area (TPSA) is 45.9 Å². The first-order chi connectivity index (χ1) is 5.36. The quantitative estimate of drug-likeness (QED) is 0.629. The van der Waals surface area contributed by atoms with E-state index in [1.165, 1.54) is 0 Å². The van der Waals surface area contributed by atoms with Crippen LogP contribution in [0.2, 0.25) is 0 Å². The fraction of sp³-hybridized carbons (Fsp3) is 0.125. The third-order valence-corrected chi connectivity index (χ3v) is 1.15. The highest BCUT2D eigenvalue weighted by molar-refractivity contribution is 5.25. The van der Waals surface area contributed by atoms with Crippen LogP contribution in [0.25, 0.3) is 0 Å². The molecule has 3 nitrogen and oxygen atoms in total. The van der Waals surface area contributed by atoms with Crippen LogP contribution in [0.1, 0.15) is 11.3 Å². The summed E-state index contributed by atoms with van der Waals surface area (Å²) in [6.07, 6.45) is 1.59. The van der Waals surface area contributed by atoms with E-state index in [4.69, 9.17) is 10.00 Å². The van der Waals surface area contributed by atoms with Crippen LogP contribution in [0.5, 0.6) is 0 Å². The van der Waals surface area contributed by atoms with Crippen molar-refractivity contribution in [3.8, 4) is 6.07 Å². The zero-order valence-corrected chi connectivity index (χ0v) is 6.11. The number of ether oxygens (including phenoxy) is 1. The van der Waals surface area contributed by atoms with E-state index in [1.54, 1.807) is 32.0 Å². The molecule has 0 N–H and O–H groups in total. The van der Waals surface area contributed by atoms with Gasteiger partial charge in [-0.3, -0.25) is 0 Å². The summed E-state index contributed by atoms with van der Waals surface area (Å²) in [6, 6.07) is 5.35. The van der Waals surface area contributed by atoms with Crippen LogP contribution in [0.4, 0.5) is 0 Å². The van der Waals surface area contributed by atoms with E-state index in [0.717, 1.165) is 5.56 Å². The van der Waals surface area contributed by atoms with Crippen LogP contribution in [0.3, 0.4) is 0 Å². The predicted octanol–water partition coefficient (Wildman–Crippen LogP) is 1.11. The van der Waals surface area contributed by atoms with Gasteiger partial charge in [-0.15, -0.1) is 0 Å². The number of pyridine rings is 1. The van der Waals surface area contributed by atoms with Crippen molar-refractivity contribution in [3.63, 3.8) is 0 Å². The number of hydrogen-bond donors (Lipinski definition) is 0. The van der Waals surface area contributed by atoms with Crippen LogP contribution in [-0.4, -0.2) is 12.1 Å².